The molecular formula is C23H19Cl2F3N4O6. The van der Waals surface area contributed by atoms with E-state index in [4.69, 9.17) is 28.3 Å². The zero-order valence-corrected chi connectivity index (χ0v) is 20.8. The van der Waals surface area contributed by atoms with Gasteiger partial charge < -0.3 is 20.1 Å². The molecule has 15 heteroatoms. The van der Waals surface area contributed by atoms with Crippen LogP contribution in [0.1, 0.15) is 24.8 Å². The molecule has 0 bridgehead atoms. The van der Waals surface area contributed by atoms with Gasteiger partial charge in [-0.25, -0.2) is 14.7 Å². The van der Waals surface area contributed by atoms with Gasteiger partial charge in [-0.2, -0.15) is 0 Å². The molecule has 2 aliphatic heterocycles. The highest BCUT2D eigenvalue weighted by molar-refractivity contribution is 6.33. The number of benzene rings is 1. The Morgan fingerprint density at radius 3 is 2.34 bits per heavy atom. The van der Waals surface area contributed by atoms with E-state index in [-0.39, 0.29) is 41.8 Å². The minimum absolute atomic E-state index is 0.0275. The second-order valence-electron chi connectivity index (χ2n) is 8.77. The Morgan fingerprint density at radius 2 is 1.76 bits per heavy atom. The summed E-state index contributed by atoms with van der Waals surface area (Å²) in [6.45, 7) is -0.0678. The lowest BCUT2D eigenvalue weighted by atomic mass is 9.87. The van der Waals surface area contributed by atoms with Gasteiger partial charge in [0, 0.05) is 31.8 Å². The number of ether oxygens (including phenoxy) is 1. The van der Waals surface area contributed by atoms with Gasteiger partial charge in [0.25, 0.3) is 5.91 Å². The van der Waals surface area contributed by atoms with Crippen LogP contribution in [0.2, 0.25) is 10.3 Å². The maximum Gasteiger partial charge on any atom is 0.573 e. The van der Waals surface area contributed by atoms with Gasteiger partial charge in [-0.15, -0.1) is 13.2 Å². The maximum absolute atomic E-state index is 13.8. The van der Waals surface area contributed by atoms with Crippen LogP contribution in [0, 0.1) is 0 Å². The Bertz CT molecular complexity index is 1270. The number of imide groups is 1. The fraction of sp³-hybridized carbons (Fsp3) is 0.348. The number of fused-ring (bicyclic) bond motifs is 1. The Morgan fingerprint density at radius 1 is 1.13 bits per heavy atom. The molecule has 2 N–H and O–H groups in total. The van der Waals surface area contributed by atoms with E-state index >= 15 is 0 Å². The molecule has 0 spiro atoms. The third kappa shape index (κ3) is 5.78. The van der Waals surface area contributed by atoms with Crippen LogP contribution in [-0.2, 0) is 20.8 Å². The number of nitrogens with one attached hydrogen (secondary N) is 1. The molecule has 2 atom stereocenters. The highest BCUT2D eigenvalue weighted by atomic mass is 35.5. The average molecular weight is 575 g/mol. The molecule has 1 aromatic carbocycles. The number of rotatable bonds is 8. The first-order valence-electron chi connectivity index (χ1n) is 11.1. The van der Waals surface area contributed by atoms with Crippen LogP contribution in [-0.4, -0.2) is 63.3 Å². The number of aliphatic carboxylic acids is 1. The predicted molar refractivity (Wildman–Crippen MR) is 127 cm³/mol. The lowest BCUT2D eigenvalue weighted by Gasteiger charge is -2.28. The van der Waals surface area contributed by atoms with Gasteiger partial charge >= 0.3 is 18.4 Å². The van der Waals surface area contributed by atoms with E-state index in [0.29, 0.717) is 5.56 Å². The van der Waals surface area contributed by atoms with E-state index in [1.54, 1.807) is 0 Å². The van der Waals surface area contributed by atoms with E-state index in [2.05, 4.69) is 15.0 Å². The number of urea groups is 1. The number of carbonyl (C=O) groups is 4. The van der Waals surface area contributed by atoms with Gasteiger partial charge in [0.05, 0.1) is 12.1 Å². The van der Waals surface area contributed by atoms with Gasteiger partial charge in [-0.05, 0) is 29.8 Å². The van der Waals surface area contributed by atoms with Gasteiger partial charge in [-0.1, -0.05) is 35.3 Å². The first kappa shape index (κ1) is 27.5. The molecule has 2 aliphatic rings. The minimum Gasteiger partial charge on any atom is -0.481 e. The number of alkyl halides is 3. The van der Waals surface area contributed by atoms with Crippen LogP contribution in [0.15, 0.2) is 36.4 Å². The molecule has 0 saturated carbocycles. The third-order valence-electron chi connectivity index (χ3n) is 6.12. The standard InChI is InChI=1S/C23H19Cl2F3N4O6/c24-16-7-14(8-17(25)30-16)32-20(36)22(9-12-1-3-15(4-2-12)38-23(26,27)28)10-13(11-31(22)21(32)37)29-18(33)5-6-19(34)35/h1-4,7-8,13H,5-6,9-11H2,(H,29,33)(H,34,35)/t13-,22+/m0/s1. The summed E-state index contributed by atoms with van der Waals surface area (Å²) in [4.78, 5) is 56.3. The van der Waals surface area contributed by atoms with Gasteiger partial charge in [0.1, 0.15) is 21.6 Å². The summed E-state index contributed by atoms with van der Waals surface area (Å²) >= 11 is 11.9. The van der Waals surface area contributed by atoms with E-state index in [9.17, 15) is 32.3 Å². The summed E-state index contributed by atoms with van der Waals surface area (Å²) in [6.07, 6.45) is -5.68. The number of carboxylic acids is 1. The van der Waals surface area contributed by atoms with Crippen molar-refractivity contribution in [1.29, 1.82) is 0 Å². The lowest BCUT2D eigenvalue weighted by Crippen LogP contribution is -2.47. The van der Waals surface area contributed by atoms with Crippen molar-refractivity contribution in [2.45, 2.75) is 43.6 Å². The summed E-state index contributed by atoms with van der Waals surface area (Å²) in [6, 6.07) is 6.04. The van der Waals surface area contributed by atoms with E-state index in [0.717, 1.165) is 17.0 Å². The summed E-state index contributed by atoms with van der Waals surface area (Å²) in [5, 5.41) is 11.4. The second-order valence-corrected chi connectivity index (χ2v) is 9.54. The smallest absolute Gasteiger partial charge is 0.481 e. The molecule has 2 saturated heterocycles. The average Bonchev–Trinajstić information content (AvgIpc) is 3.24. The van der Waals surface area contributed by atoms with Gasteiger partial charge in [0.15, 0.2) is 0 Å². The van der Waals surface area contributed by atoms with Crippen LogP contribution in [0.4, 0.5) is 23.7 Å². The van der Waals surface area contributed by atoms with Crippen molar-refractivity contribution in [3.8, 4) is 5.75 Å². The number of pyridine rings is 1. The second kappa shape index (κ2) is 10.3. The number of anilines is 1. The van der Waals surface area contributed by atoms with Crippen LogP contribution in [0.5, 0.6) is 5.75 Å². The van der Waals surface area contributed by atoms with Crippen LogP contribution >= 0.6 is 23.2 Å². The predicted octanol–water partition coefficient (Wildman–Crippen LogP) is 3.79. The van der Waals surface area contributed by atoms with Crippen LogP contribution in [0.3, 0.4) is 0 Å². The van der Waals surface area contributed by atoms with Gasteiger partial charge in [-0.3, -0.25) is 14.4 Å². The number of aromatic nitrogens is 1. The molecule has 38 heavy (non-hydrogen) atoms. The summed E-state index contributed by atoms with van der Waals surface area (Å²) in [7, 11) is 0. The van der Waals surface area contributed by atoms with E-state index in [1.165, 1.54) is 29.2 Å². The van der Waals surface area contributed by atoms with Crippen molar-refractivity contribution in [2.75, 3.05) is 11.4 Å². The molecule has 4 rings (SSSR count). The topological polar surface area (TPSA) is 129 Å². The van der Waals surface area contributed by atoms with Crippen molar-refractivity contribution in [2.24, 2.45) is 0 Å². The van der Waals surface area contributed by atoms with Crippen molar-refractivity contribution < 1.29 is 42.2 Å². The fourth-order valence-electron chi connectivity index (χ4n) is 4.67. The van der Waals surface area contributed by atoms with Crippen LogP contribution in [0.25, 0.3) is 0 Å². The summed E-state index contributed by atoms with van der Waals surface area (Å²) in [5.74, 6) is -2.83. The molecular weight excluding hydrogens is 556 g/mol. The van der Waals surface area contributed by atoms with Crippen molar-refractivity contribution in [3.63, 3.8) is 0 Å². The largest absolute Gasteiger partial charge is 0.573 e. The molecule has 10 nitrogen and oxygen atoms in total. The number of carbonyl (C=O) groups excluding carboxylic acids is 3. The number of hydrogen-bond acceptors (Lipinski definition) is 6. The Hall–Kier alpha value is -3.58. The van der Waals surface area contributed by atoms with Crippen LogP contribution < -0.4 is 15.0 Å². The molecule has 2 fully saturated rings. The highest BCUT2D eigenvalue weighted by Gasteiger charge is 2.62. The Kier molecular flexibility index (Phi) is 7.44. The molecule has 4 amide bonds. The monoisotopic (exact) mass is 574 g/mol. The molecule has 0 unspecified atom stereocenters. The Balaban J connectivity index is 1.64. The molecule has 0 aliphatic carbocycles. The zero-order valence-electron chi connectivity index (χ0n) is 19.3. The van der Waals surface area contributed by atoms with Crippen molar-refractivity contribution >= 4 is 52.7 Å². The SMILES string of the molecule is O=C(O)CCC(=O)N[C@@H]1CN2C(=O)N(c3cc(Cl)nc(Cl)c3)C(=O)[C@@]2(Cc2ccc(OC(F)(F)F)cc2)C1. The van der Waals surface area contributed by atoms with E-state index in [1.807, 2.05) is 0 Å². The lowest BCUT2D eigenvalue weighted by molar-refractivity contribution is -0.274. The minimum atomic E-state index is -4.88. The molecule has 1 aromatic heterocycles. The summed E-state index contributed by atoms with van der Waals surface area (Å²) in [5.41, 5.74) is -0.998. The molecule has 3 heterocycles. The quantitative estimate of drug-likeness (QED) is 0.362. The zero-order chi connectivity index (χ0) is 27.8. The number of amides is 4. The third-order valence-corrected chi connectivity index (χ3v) is 6.50. The molecule has 2 aromatic rings. The normalized spacial score (nSPS) is 21.0. The van der Waals surface area contributed by atoms with Crippen molar-refractivity contribution in [3.05, 3.63) is 52.3 Å². The number of hydrogen-bond donors (Lipinski definition) is 2. The molecule has 202 valence electrons. The van der Waals surface area contributed by atoms with E-state index < -0.39 is 53.9 Å². The number of nitrogens with zero attached hydrogens (tertiary/aromatic N) is 3. The van der Waals surface area contributed by atoms with Gasteiger partial charge in [0.2, 0.25) is 5.91 Å². The van der Waals surface area contributed by atoms with Crippen molar-refractivity contribution in [1.82, 2.24) is 15.2 Å². The molecule has 0 radical (unpaired) electrons. The number of halogens is 5. The fourth-order valence-corrected chi connectivity index (χ4v) is 5.12. The number of carboxylic acid groups (broad SMARTS) is 1. The summed E-state index contributed by atoms with van der Waals surface area (Å²) < 4.78 is 41.5. The first-order valence-corrected chi connectivity index (χ1v) is 11.9. The Labute approximate surface area is 223 Å². The maximum atomic E-state index is 13.8. The first-order chi connectivity index (χ1) is 17.8. The highest BCUT2D eigenvalue weighted by Crippen LogP contribution is 2.43.